The van der Waals surface area contributed by atoms with Crippen LogP contribution in [0.3, 0.4) is 0 Å². The maximum Gasteiger partial charge on any atom is 0.354 e. The summed E-state index contributed by atoms with van der Waals surface area (Å²) in [6.45, 7) is 3.10. The third-order valence-electron chi connectivity index (χ3n) is 2.39. The van der Waals surface area contributed by atoms with E-state index in [9.17, 15) is 9.59 Å². The maximum absolute atomic E-state index is 11.5. The van der Waals surface area contributed by atoms with E-state index < -0.39 is 5.97 Å². The second-order valence-electron chi connectivity index (χ2n) is 3.96. The lowest BCUT2D eigenvalue weighted by Gasteiger charge is -2.08. The van der Waals surface area contributed by atoms with Crippen molar-refractivity contribution in [2.45, 2.75) is 13.8 Å². The number of amides is 1. The zero-order chi connectivity index (χ0) is 14.6. The van der Waals surface area contributed by atoms with Crippen LogP contribution in [0.4, 0.5) is 5.69 Å². The number of hydrogen-bond donors (Lipinski definition) is 2. The van der Waals surface area contributed by atoms with E-state index in [0.717, 1.165) is 5.56 Å². The predicted molar refractivity (Wildman–Crippen MR) is 74.4 cm³/mol. The Labute approximate surface area is 116 Å². The van der Waals surface area contributed by atoms with E-state index in [-0.39, 0.29) is 11.6 Å². The first-order valence-corrected chi connectivity index (χ1v) is 5.86. The number of hydrogen-bond acceptors (Lipinski definition) is 4. The number of carbonyl (C=O) groups is 2. The monoisotopic (exact) mass is 282 g/mol. The molecule has 1 amide bonds. The molecule has 0 saturated heterocycles. The van der Waals surface area contributed by atoms with Crippen LogP contribution in [0.5, 0.6) is 0 Å². The Bertz CT molecular complexity index is 530. The molecule has 0 heterocycles. The number of rotatable bonds is 3. The number of halogens is 1. The molecule has 0 aromatic heterocycles. The molecule has 0 aliphatic rings. The van der Waals surface area contributed by atoms with Crippen LogP contribution < -0.4 is 11.1 Å². The molecule has 19 heavy (non-hydrogen) atoms. The fourth-order valence-electron chi connectivity index (χ4n) is 1.48. The van der Waals surface area contributed by atoms with E-state index >= 15 is 0 Å². The molecule has 3 N–H and O–H groups in total. The second-order valence-corrected chi connectivity index (χ2v) is 4.37. The number of benzene rings is 1. The minimum absolute atomic E-state index is 0.0373. The summed E-state index contributed by atoms with van der Waals surface area (Å²) in [4.78, 5) is 22.6. The summed E-state index contributed by atoms with van der Waals surface area (Å²) in [5, 5.41) is 2.79. The molecule has 102 valence electrons. The van der Waals surface area contributed by atoms with Gasteiger partial charge in [0.05, 0.1) is 17.8 Å². The van der Waals surface area contributed by atoms with Crippen LogP contribution in [0.2, 0.25) is 5.02 Å². The maximum atomic E-state index is 11.5. The van der Waals surface area contributed by atoms with Crippen molar-refractivity contribution in [1.82, 2.24) is 5.32 Å². The quantitative estimate of drug-likeness (QED) is 0.504. The Hall–Kier alpha value is -2.01. The Balaban J connectivity index is 3.21. The van der Waals surface area contributed by atoms with Crippen molar-refractivity contribution in [3.8, 4) is 0 Å². The molecule has 1 rings (SSSR count). The molecule has 1 aromatic carbocycles. The lowest BCUT2D eigenvalue weighted by atomic mass is 10.1. The summed E-state index contributed by atoms with van der Waals surface area (Å²) in [7, 11) is 1.24. The van der Waals surface area contributed by atoms with Crippen LogP contribution in [-0.4, -0.2) is 19.0 Å². The summed E-state index contributed by atoms with van der Waals surface area (Å²) < 4.78 is 4.59. The van der Waals surface area contributed by atoms with Crippen LogP contribution >= 0.6 is 11.6 Å². The number of carbonyl (C=O) groups excluding carboxylic acids is 2. The van der Waals surface area contributed by atoms with E-state index in [0.29, 0.717) is 16.3 Å². The van der Waals surface area contributed by atoms with Gasteiger partial charge in [0.25, 0.3) is 0 Å². The molecule has 0 radical (unpaired) electrons. The van der Waals surface area contributed by atoms with E-state index in [1.54, 1.807) is 19.1 Å². The third-order valence-corrected chi connectivity index (χ3v) is 2.70. The molecule has 0 bridgehead atoms. The van der Waals surface area contributed by atoms with Crippen molar-refractivity contribution < 1.29 is 14.3 Å². The molecular weight excluding hydrogens is 268 g/mol. The summed E-state index contributed by atoms with van der Waals surface area (Å²) in [6, 6.07) is 3.36. The molecule has 0 aliphatic carbocycles. The van der Waals surface area contributed by atoms with Crippen LogP contribution in [-0.2, 0) is 14.3 Å². The lowest BCUT2D eigenvalue weighted by molar-refractivity contribution is -0.137. The first-order chi connectivity index (χ1) is 8.85. The van der Waals surface area contributed by atoms with Crippen LogP contribution in [0.1, 0.15) is 18.1 Å². The Morgan fingerprint density at radius 2 is 2.05 bits per heavy atom. The van der Waals surface area contributed by atoms with Gasteiger partial charge >= 0.3 is 5.97 Å². The molecule has 0 atom stereocenters. The van der Waals surface area contributed by atoms with Gasteiger partial charge in [-0.25, -0.2) is 4.79 Å². The van der Waals surface area contributed by atoms with Gasteiger partial charge in [-0.15, -0.1) is 0 Å². The number of methoxy groups -OCH3 is 1. The number of aryl methyl sites for hydroxylation is 1. The van der Waals surface area contributed by atoms with Gasteiger partial charge in [0.1, 0.15) is 5.70 Å². The largest absolute Gasteiger partial charge is 0.464 e. The van der Waals surface area contributed by atoms with Gasteiger partial charge in [0.2, 0.25) is 5.91 Å². The van der Waals surface area contributed by atoms with Gasteiger partial charge in [0, 0.05) is 6.92 Å². The SMILES string of the molecule is COC(=O)/C(=C/c1cc(C)c(N)c(Cl)c1)NC(C)=O. The van der Waals surface area contributed by atoms with Crippen LogP contribution in [0.25, 0.3) is 6.08 Å². The smallest absolute Gasteiger partial charge is 0.354 e. The molecule has 0 aliphatic heterocycles. The van der Waals surface area contributed by atoms with Crippen molar-refractivity contribution in [2.75, 3.05) is 12.8 Å². The minimum atomic E-state index is -0.638. The first-order valence-electron chi connectivity index (χ1n) is 5.48. The van der Waals surface area contributed by atoms with Gasteiger partial charge < -0.3 is 15.8 Å². The zero-order valence-electron chi connectivity index (χ0n) is 10.9. The van der Waals surface area contributed by atoms with Gasteiger partial charge in [-0.2, -0.15) is 0 Å². The number of nitrogen functional groups attached to an aromatic ring is 1. The molecule has 6 heteroatoms. The fourth-order valence-corrected chi connectivity index (χ4v) is 1.75. The Morgan fingerprint density at radius 3 is 2.53 bits per heavy atom. The van der Waals surface area contributed by atoms with Crippen molar-refractivity contribution in [2.24, 2.45) is 0 Å². The van der Waals surface area contributed by atoms with Crippen molar-refractivity contribution in [3.05, 3.63) is 34.0 Å². The van der Waals surface area contributed by atoms with Crippen LogP contribution in [0, 0.1) is 6.92 Å². The fraction of sp³-hybridized carbons (Fsp3) is 0.231. The highest BCUT2D eigenvalue weighted by Crippen LogP contribution is 2.25. The predicted octanol–water partition coefficient (Wildman–Crippen LogP) is 1.88. The highest BCUT2D eigenvalue weighted by Gasteiger charge is 2.12. The van der Waals surface area contributed by atoms with Crippen molar-refractivity contribution >= 4 is 35.2 Å². The topological polar surface area (TPSA) is 81.4 Å². The second kappa shape index (κ2) is 6.24. The van der Waals surface area contributed by atoms with E-state index in [1.807, 2.05) is 0 Å². The zero-order valence-corrected chi connectivity index (χ0v) is 11.7. The summed E-state index contributed by atoms with van der Waals surface area (Å²) in [5.41, 5.74) is 7.68. The summed E-state index contributed by atoms with van der Waals surface area (Å²) in [5.74, 6) is -1.00. The van der Waals surface area contributed by atoms with E-state index in [1.165, 1.54) is 20.1 Å². The number of ether oxygens (including phenoxy) is 1. The highest BCUT2D eigenvalue weighted by molar-refractivity contribution is 6.33. The number of esters is 1. The minimum Gasteiger partial charge on any atom is -0.464 e. The van der Waals surface area contributed by atoms with E-state index in [4.69, 9.17) is 17.3 Å². The van der Waals surface area contributed by atoms with Crippen molar-refractivity contribution in [3.63, 3.8) is 0 Å². The molecule has 0 spiro atoms. The van der Waals surface area contributed by atoms with Gasteiger partial charge in [-0.3, -0.25) is 4.79 Å². The van der Waals surface area contributed by atoms with Crippen molar-refractivity contribution in [1.29, 1.82) is 0 Å². The third kappa shape index (κ3) is 3.99. The van der Waals surface area contributed by atoms with Gasteiger partial charge in [0.15, 0.2) is 0 Å². The average molecular weight is 283 g/mol. The van der Waals surface area contributed by atoms with Gasteiger partial charge in [-0.1, -0.05) is 11.6 Å². The standard InChI is InChI=1S/C13H15ClN2O3/c1-7-4-9(5-10(14)12(7)15)6-11(13(18)19-3)16-8(2)17/h4-6H,15H2,1-3H3,(H,16,17)/b11-6-. The molecular formula is C13H15ClN2O3. The average Bonchev–Trinajstić information content (AvgIpc) is 2.33. The van der Waals surface area contributed by atoms with E-state index in [2.05, 4.69) is 10.1 Å². The summed E-state index contributed by atoms with van der Waals surface area (Å²) in [6.07, 6.45) is 1.48. The van der Waals surface area contributed by atoms with Crippen LogP contribution in [0.15, 0.2) is 17.8 Å². The lowest BCUT2D eigenvalue weighted by Crippen LogP contribution is -2.25. The molecule has 0 saturated carbocycles. The number of anilines is 1. The Morgan fingerprint density at radius 1 is 1.42 bits per heavy atom. The highest BCUT2D eigenvalue weighted by atomic mass is 35.5. The van der Waals surface area contributed by atoms with Gasteiger partial charge in [-0.05, 0) is 36.3 Å². The molecule has 5 nitrogen and oxygen atoms in total. The molecule has 1 aromatic rings. The number of nitrogens with one attached hydrogen (secondary N) is 1. The molecule has 0 fully saturated rings. The normalized spacial score (nSPS) is 11.1. The summed E-state index contributed by atoms with van der Waals surface area (Å²) >= 11 is 5.96. The Kier molecular flexibility index (Phi) is 4.94. The number of nitrogens with two attached hydrogens (primary N) is 1. The first kappa shape index (κ1) is 15.0. The molecule has 0 unspecified atom stereocenters.